The van der Waals surface area contributed by atoms with Gasteiger partial charge in [-0.3, -0.25) is 10.1 Å². The number of benzene rings is 1. The number of aryl methyl sites for hydroxylation is 1. The molecule has 26 heavy (non-hydrogen) atoms. The molecule has 0 aliphatic heterocycles. The number of anilines is 1. The molecule has 4 aromatic rings. The zero-order valence-corrected chi connectivity index (χ0v) is 15.4. The molecule has 0 spiro atoms. The summed E-state index contributed by atoms with van der Waals surface area (Å²) in [7, 11) is 0. The Bertz CT molecular complexity index is 1120. The van der Waals surface area contributed by atoms with Gasteiger partial charge in [-0.05, 0) is 32.0 Å². The van der Waals surface area contributed by atoms with Crippen LogP contribution in [0.15, 0.2) is 18.2 Å². The van der Waals surface area contributed by atoms with Crippen LogP contribution < -0.4 is 5.32 Å². The molecule has 0 atom stereocenters. The highest BCUT2D eigenvalue weighted by molar-refractivity contribution is 7.22. The molecule has 0 fully saturated rings. The first-order valence-electron chi connectivity index (χ1n) is 7.57. The van der Waals surface area contributed by atoms with E-state index in [0.29, 0.717) is 27.6 Å². The zero-order chi connectivity index (χ0) is 18.3. The molecule has 11 heteroatoms. The summed E-state index contributed by atoms with van der Waals surface area (Å²) in [5.74, 6) is -0.758. The Morgan fingerprint density at radius 3 is 2.92 bits per heavy atom. The van der Waals surface area contributed by atoms with E-state index in [1.54, 1.807) is 17.7 Å². The van der Waals surface area contributed by atoms with Crippen molar-refractivity contribution in [3.8, 4) is 0 Å². The van der Waals surface area contributed by atoms with Gasteiger partial charge in [-0.1, -0.05) is 16.6 Å². The Labute approximate surface area is 155 Å². The zero-order valence-electron chi connectivity index (χ0n) is 13.7. The van der Waals surface area contributed by atoms with E-state index >= 15 is 0 Å². The molecule has 0 saturated carbocycles. The third-order valence-electron chi connectivity index (χ3n) is 3.81. The van der Waals surface area contributed by atoms with Crippen molar-refractivity contribution in [2.75, 3.05) is 5.32 Å². The minimum absolute atomic E-state index is 0.205. The predicted octanol–water partition coefficient (Wildman–Crippen LogP) is 2.80. The summed E-state index contributed by atoms with van der Waals surface area (Å²) in [6.45, 7) is 4.03. The van der Waals surface area contributed by atoms with Crippen molar-refractivity contribution < 1.29 is 9.18 Å². The number of rotatable bonds is 4. The largest absolute Gasteiger partial charge is 0.296 e. The lowest BCUT2D eigenvalue weighted by Crippen LogP contribution is -2.14. The molecular weight excluding hydrogens is 377 g/mol. The fourth-order valence-corrected chi connectivity index (χ4v) is 3.81. The number of fused-ring (bicyclic) bond motifs is 1. The average Bonchev–Trinajstić information content (AvgIpc) is 3.28. The second-order valence-corrected chi connectivity index (χ2v) is 7.12. The topological polar surface area (TPSA) is 98.5 Å². The van der Waals surface area contributed by atoms with Crippen molar-refractivity contribution in [3.63, 3.8) is 0 Å². The van der Waals surface area contributed by atoms with E-state index in [1.807, 2.05) is 6.92 Å². The van der Waals surface area contributed by atoms with Crippen LogP contribution in [0.1, 0.15) is 27.6 Å². The van der Waals surface area contributed by atoms with Crippen LogP contribution in [0.2, 0.25) is 0 Å². The maximum atomic E-state index is 13.3. The molecule has 0 bridgehead atoms. The van der Waals surface area contributed by atoms with Gasteiger partial charge in [-0.2, -0.15) is 8.75 Å². The van der Waals surface area contributed by atoms with Crippen LogP contribution in [-0.4, -0.2) is 34.6 Å². The van der Waals surface area contributed by atoms with Crippen molar-refractivity contribution in [3.05, 3.63) is 46.8 Å². The van der Waals surface area contributed by atoms with Gasteiger partial charge in [0, 0.05) is 0 Å². The van der Waals surface area contributed by atoms with Gasteiger partial charge in [-0.15, -0.1) is 5.10 Å². The van der Waals surface area contributed by atoms with Gasteiger partial charge in [0.2, 0.25) is 0 Å². The predicted molar refractivity (Wildman–Crippen MR) is 96.0 cm³/mol. The number of halogens is 1. The average molecular weight is 389 g/mol. The molecule has 0 radical (unpaired) electrons. The van der Waals surface area contributed by atoms with Crippen LogP contribution in [-0.2, 0) is 6.54 Å². The van der Waals surface area contributed by atoms with Crippen molar-refractivity contribution in [1.82, 2.24) is 28.7 Å². The van der Waals surface area contributed by atoms with Gasteiger partial charge in [0.05, 0.1) is 45.6 Å². The molecular formula is C15H12FN7OS2. The molecule has 0 saturated heterocycles. The Balaban J connectivity index is 1.55. The first-order chi connectivity index (χ1) is 12.5. The Morgan fingerprint density at radius 2 is 2.15 bits per heavy atom. The van der Waals surface area contributed by atoms with Gasteiger partial charge >= 0.3 is 0 Å². The summed E-state index contributed by atoms with van der Waals surface area (Å²) in [6.07, 6.45) is 0. The minimum atomic E-state index is -0.415. The number of carbonyl (C=O) groups excluding carboxylic acids is 1. The highest BCUT2D eigenvalue weighted by atomic mass is 32.1. The Kier molecular flexibility index (Phi) is 4.17. The van der Waals surface area contributed by atoms with Crippen LogP contribution in [0.3, 0.4) is 0 Å². The summed E-state index contributed by atoms with van der Waals surface area (Å²) >= 11 is 2.33. The molecule has 1 aromatic carbocycles. The summed E-state index contributed by atoms with van der Waals surface area (Å²) in [5.41, 5.74) is 3.07. The number of nitrogens with zero attached hydrogens (tertiary/aromatic N) is 6. The van der Waals surface area contributed by atoms with E-state index in [2.05, 4.69) is 29.4 Å². The number of thiazole rings is 1. The monoisotopic (exact) mass is 389 g/mol. The van der Waals surface area contributed by atoms with Gasteiger partial charge in [0.1, 0.15) is 5.82 Å². The van der Waals surface area contributed by atoms with Crippen LogP contribution in [0.5, 0.6) is 0 Å². The quantitative estimate of drug-likeness (QED) is 0.576. The maximum absolute atomic E-state index is 13.3. The van der Waals surface area contributed by atoms with Crippen molar-refractivity contribution in [2.24, 2.45) is 0 Å². The molecule has 1 amide bonds. The fraction of sp³-hybridized carbons (Fsp3) is 0.200. The Hall–Kier alpha value is -2.79. The van der Waals surface area contributed by atoms with Crippen LogP contribution in [0.4, 0.5) is 9.52 Å². The van der Waals surface area contributed by atoms with Crippen molar-refractivity contribution in [1.29, 1.82) is 0 Å². The molecule has 3 heterocycles. The molecule has 3 aromatic heterocycles. The standard InChI is InChI=1S/C15H12FN7OS2/c1-7-11(21-26-20-7)6-23-8(2)13(19-22-23)14(24)18-15-17-10-4-3-9(16)5-12(10)25-15/h3-5H,6H2,1-2H3,(H,17,18,24). The Morgan fingerprint density at radius 1 is 1.31 bits per heavy atom. The van der Waals surface area contributed by atoms with Crippen LogP contribution in [0, 0.1) is 19.7 Å². The molecule has 1 N–H and O–H groups in total. The minimum Gasteiger partial charge on any atom is -0.296 e. The van der Waals surface area contributed by atoms with E-state index < -0.39 is 5.91 Å². The van der Waals surface area contributed by atoms with E-state index in [0.717, 1.165) is 23.1 Å². The van der Waals surface area contributed by atoms with Crippen LogP contribution >= 0.6 is 23.1 Å². The number of carbonyl (C=O) groups is 1. The molecule has 8 nitrogen and oxygen atoms in total. The number of aromatic nitrogens is 6. The number of nitrogens with one attached hydrogen (secondary N) is 1. The molecule has 4 rings (SSSR count). The van der Waals surface area contributed by atoms with E-state index in [-0.39, 0.29) is 11.5 Å². The molecule has 0 unspecified atom stereocenters. The summed E-state index contributed by atoms with van der Waals surface area (Å²) in [6, 6.07) is 4.29. The van der Waals surface area contributed by atoms with E-state index in [1.165, 1.54) is 23.5 Å². The highest BCUT2D eigenvalue weighted by Gasteiger charge is 2.19. The van der Waals surface area contributed by atoms with Gasteiger partial charge < -0.3 is 0 Å². The van der Waals surface area contributed by atoms with E-state index in [4.69, 9.17) is 0 Å². The molecule has 0 aliphatic rings. The smallest absolute Gasteiger partial charge is 0.279 e. The van der Waals surface area contributed by atoms with Gasteiger partial charge in [-0.25, -0.2) is 14.1 Å². The highest BCUT2D eigenvalue weighted by Crippen LogP contribution is 2.26. The van der Waals surface area contributed by atoms with Crippen molar-refractivity contribution >= 4 is 44.3 Å². The summed E-state index contributed by atoms with van der Waals surface area (Å²) in [5, 5.41) is 11.1. The fourth-order valence-electron chi connectivity index (χ4n) is 2.36. The first-order valence-corrected chi connectivity index (χ1v) is 9.11. The SMILES string of the molecule is Cc1nsnc1Cn1nnc(C(=O)Nc2nc3ccc(F)cc3s2)c1C. The van der Waals surface area contributed by atoms with Crippen molar-refractivity contribution in [2.45, 2.75) is 20.4 Å². The molecule has 132 valence electrons. The van der Waals surface area contributed by atoms with Gasteiger partial charge in [0.25, 0.3) is 5.91 Å². The number of hydrogen-bond donors (Lipinski definition) is 1. The number of amides is 1. The second-order valence-electron chi connectivity index (χ2n) is 5.56. The lowest BCUT2D eigenvalue weighted by Gasteiger charge is -2.02. The lowest BCUT2D eigenvalue weighted by atomic mass is 10.3. The second kappa shape index (κ2) is 6.50. The third-order valence-corrected chi connectivity index (χ3v) is 5.41. The molecule has 0 aliphatic carbocycles. The maximum Gasteiger partial charge on any atom is 0.279 e. The number of hydrogen-bond acceptors (Lipinski definition) is 8. The first kappa shape index (κ1) is 16.7. The van der Waals surface area contributed by atoms with Crippen LogP contribution in [0.25, 0.3) is 10.2 Å². The summed E-state index contributed by atoms with van der Waals surface area (Å²) in [4.78, 5) is 16.8. The summed E-state index contributed by atoms with van der Waals surface area (Å²) < 4.78 is 23.9. The van der Waals surface area contributed by atoms with E-state index in [9.17, 15) is 9.18 Å². The van der Waals surface area contributed by atoms with Gasteiger partial charge in [0.15, 0.2) is 10.8 Å². The third kappa shape index (κ3) is 3.06. The normalized spacial score (nSPS) is 11.2. The lowest BCUT2D eigenvalue weighted by molar-refractivity contribution is 0.102.